The summed E-state index contributed by atoms with van der Waals surface area (Å²) in [5.41, 5.74) is 1.24. The Morgan fingerprint density at radius 3 is 2.75 bits per heavy atom. The highest BCUT2D eigenvalue weighted by Crippen LogP contribution is 2.32. The summed E-state index contributed by atoms with van der Waals surface area (Å²) in [6.45, 7) is 3.82. The number of nitrogens with zero attached hydrogens (tertiary/aromatic N) is 4. The number of para-hydroxylation sites is 1. The molecule has 2 aromatic rings. The van der Waals surface area contributed by atoms with E-state index in [4.69, 9.17) is 4.74 Å². The highest BCUT2D eigenvalue weighted by Gasteiger charge is 2.31. The van der Waals surface area contributed by atoms with Crippen molar-refractivity contribution in [3.8, 4) is 0 Å². The van der Waals surface area contributed by atoms with E-state index >= 15 is 0 Å². The zero-order valence-electron chi connectivity index (χ0n) is 16.0. The standard InChI is InChI=1S/C20H23FN4O3/c1-13-11-14-5-3-4-6-15(14)25(13)17(26)12-16-22-19(18(21)20(27)23(16)2)24-7-9-28-10-8-24/h3-6,13H,7-12H2,1-2H3. The Labute approximate surface area is 162 Å². The van der Waals surface area contributed by atoms with Crippen LogP contribution in [0.25, 0.3) is 0 Å². The van der Waals surface area contributed by atoms with Gasteiger partial charge in [0, 0.05) is 31.9 Å². The molecule has 1 amide bonds. The highest BCUT2D eigenvalue weighted by molar-refractivity contribution is 5.97. The normalized spacial score (nSPS) is 19.0. The van der Waals surface area contributed by atoms with Crippen molar-refractivity contribution in [1.82, 2.24) is 9.55 Å². The fourth-order valence-corrected chi connectivity index (χ4v) is 3.92. The Morgan fingerprint density at radius 2 is 2.00 bits per heavy atom. The molecule has 1 atom stereocenters. The molecule has 0 bridgehead atoms. The number of carbonyl (C=O) groups excluding carboxylic acids is 1. The zero-order valence-corrected chi connectivity index (χ0v) is 16.0. The lowest BCUT2D eigenvalue weighted by Crippen LogP contribution is -2.41. The third-order valence-electron chi connectivity index (χ3n) is 5.41. The number of hydrogen-bond acceptors (Lipinski definition) is 5. The van der Waals surface area contributed by atoms with Crippen molar-refractivity contribution in [3.05, 3.63) is 51.8 Å². The van der Waals surface area contributed by atoms with Crippen LogP contribution in [0.3, 0.4) is 0 Å². The summed E-state index contributed by atoms with van der Waals surface area (Å²) in [6, 6.07) is 7.83. The van der Waals surface area contributed by atoms with Crippen LogP contribution in [0.5, 0.6) is 0 Å². The van der Waals surface area contributed by atoms with Gasteiger partial charge in [-0.2, -0.15) is 4.39 Å². The van der Waals surface area contributed by atoms with Crippen LogP contribution in [-0.4, -0.2) is 47.8 Å². The van der Waals surface area contributed by atoms with Crippen molar-refractivity contribution in [1.29, 1.82) is 0 Å². The van der Waals surface area contributed by atoms with E-state index in [-0.39, 0.29) is 30.0 Å². The predicted molar refractivity (Wildman–Crippen MR) is 103 cm³/mol. The van der Waals surface area contributed by atoms with Crippen LogP contribution in [0.4, 0.5) is 15.9 Å². The zero-order chi connectivity index (χ0) is 19.8. The Bertz CT molecular complexity index is 968. The summed E-state index contributed by atoms with van der Waals surface area (Å²) in [6.07, 6.45) is 0.721. The molecule has 0 aliphatic carbocycles. The minimum atomic E-state index is -0.888. The first-order chi connectivity index (χ1) is 13.5. The molecule has 0 N–H and O–H groups in total. The van der Waals surface area contributed by atoms with Crippen molar-refractivity contribution >= 4 is 17.4 Å². The molecular formula is C20H23FN4O3. The smallest absolute Gasteiger partial charge is 0.291 e. The molecule has 1 aromatic heterocycles. The molecule has 8 heteroatoms. The molecule has 148 valence electrons. The molecular weight excluding hydrogens is 363 g/mol. The molecule has 0 saturated carbocycles. The van der Waals surface area contributed by atoms with Crippen LogP contribution in [0.1, 0.15) is 18.3 Å². The number of rotatable bonds is 3. The van der Waals surface area contributed by atoms with Crippen molar-refractivity contribution in [2.45, 2.75) is 25.8 Å². The summed E-state index contributed by atoms with van der Waals surface area (Å²) < 4.78 is 21.0. The Morgan fingerprint density at radius 1 is 1.29 bits per heavy atom. The number of carbonyl (C=O) groups is 1. The second-order valence-corrected chi connectivity index (χ2v) is 7.25. The van der Waals surface area contributed by atoms with E-state index in [1.165, 1.54) is 7.05 Å². The van der Waals surface area contributed by atoms with Gasteiger partial charge in [0.05, 0.1) is 19.6 Å². The van der Waals surface area contributed by atoms with E-state index in [0.29, 0.717) is 26.3 Å². The van der Waals surface area contributed by atoms with Crippen molar-refractivity contribution in [3.63, 3.8) is 0 Å². The van der Waals surface area contributed by atoms with Crippen LogP contribution in [0.2, 0.25) is 0 Å². The summed E-state index contributed by atoms with van der Waals surface area (Å²) in [4.78, 5) is 33.3. The van der Waals surface area contributed by atoms with Gasteiger partial charge in [0.25, 0.3) is 5.56 Å². The number of aromatic nitrogens is 2. The first-order valence-electron chi connectivity index (χ1n) is 9.45. The number of amides is 1. The second kappa shape index (κ2) is 7.35. The number of ether oxygens (including phenoxy) is 1. The van der Waals surface area contributed by atoms with E-state index < -0.39 is 11.4 Å². The number of hydrogen-bond donors (Lipinski definition) is 0. The van der Waals surface area contributed by atoms with Crippen LogP contribution >= 0.6 is 0 Å². The maximum atomic E-state index is 14.6. The maximum absolute atomic E-state index is 14.6. The van der Waals surface area contributed by atoms with Gasteiger partial charge in [0.1, 0.15) is 5.82 Å². The van der Waals surface area contributed by atoms with E-state index in [1.54, 1.807) is 9.80 Å². The molecule has 4 rings (SSSR count). The van der Waals surface area contributed by atoms with E-state index in [9.17, 15) is 14.0 Å². The van der Waals surface area contributed by atoms with Crippen LogP contribution in [0.15, 0.2) is 29.1 Å². The third kappa shape index (κ3) is 3.17. The van der Waals surface area contributed by atoms with Crippen LogP contribution < -0.4 is 15.4 Å². The average Bonchev–Trinajstić information content (AvgIpc) is 3.04. The topological polar surface area (TPSA) is 67.7 Å². The monoisotopic (exact) mass is 386 g/mol. The maximum Gasteiger partial charge on any atom is 0.291 e. The molecule has 0 radical (unpaired) electrons. The average molecular weight is 386 g/mol. The lowest BCUT2D eigenvalue weighted by Gasteiger charge is -2.28. The molecule has 2 aliphatic heterocycles. The quantitative estimate of drug-likeness (QED) is 0.795. The molecule has 2 aliphatic rings. The Hall–Kier alpha value is -2.74. The van der Waals surface area contributed by atoms with Crippen molar-refractivity contribution < 1.29 is 13.9 Å². The van der Waals surface area contributed by atoms with E-state index in [1.807, 2.05) is 31.2 Å². The minimum Gasteiger partial charge on any atom is -0.378 e. The lowest BCUT2D eigenvalue weighted by atomic mass is 10.1. The Balaban J connectivity index is 1.65. The Kier molecular flexibility index (Phi) is 4.89. The second-order valence-electron chi connectivity index (χ2n) is 7.25. The fraction of sp³-hybridized carbons (Fsp3) is 0.450. The lowest BCUT2D eigenvalue weighted by molar-refractivity contribution is -0.118. The van der Waals surface area contributed by atoms with Crippen LogP contribution in [0, 0.1) is 5.82 Å². The molecule has 7 nitrogen and oxygen atoms in total. The van der Waals surface area contributed by atoms with Gasteiger partial charge in [-0.15, -0.1) is 0 Å². The minimum absolute atomic E-state index is 0.00377. The third-order valence-corrected chi connectivity index (χ3v) is 5.41. The molecule has 1 saturated heterocycles. The van der Waals surface area contributed by atoms with E-state index in [2.05, 4.69) is 4.98 Å². The molecule has 1 fully saturated rings. The molecule has 1 aromatic carbocycles. The summed E-state index contributed by atoms with van der Waals surface area (Å²) in [5.74, 6) is -0.779. The van der Waals surface area contributed by atoms with E-state index in [0.717, 1.165) is 22.2 Å². The van der Waals surface area contributed by atoms with Gasteiger partial charge in [-0.3, -0.25) is 14.2 Å². The molecule has 1 unspecified atom stereocenters. The molecule has 28 heavy (non-hydrogen) atoms. The number of fused-ring (bicyclic) bond motifs is 1. The summed E-state index contributed by atoms with van der Waals surface area (Å²) in [5, 5.41) is 0. The largest absolute Gasteiger partial charge is 0.378 e. The van der Waals surface area contributed by atoms with Gasteiger partial charge in [0.2, 0.25) is 11.7 Å². The predicted octanol–water partition coefficient (Wildman–Crippen LogP) is 1.28. The fourth-order valence-electron chi connectivity index (χ4n) is 3.92. The van der Waals surface area contributed by atoms with Gasteiger partial charge in [-0.25, -0.2) is 4.98 Å². The van der Waals surface area contributed by atoms with Gasteiger partial charge >= 0.3 is 0 Å². The summed E-state index contributed by atoms with van der Waals surface area (Å²) in [7, 11) is 1.45. The van der Waals surface area contributed by atoms with Crippen LogP contribution in [-0.2, 0) is 29.4 Å². The SMILES string of the molecule is CC1Cc2ccccc2N1C(=O)Cc1nc(N2CCOCC2)c(F)c(=O)n1C. The van der Waals surface area contributed by atoms with Gasteiger partial charge in [-0.1, -0.05) is 18.2 Å². The summed E-state index contributed by atoms with van der Waals surface area (Å²) >= 11 is 0. The van der Waals surface area contributed by atoms with Gasteiger partial charge < -0.3 is 14.5 Å². The van der Waals surface area contributed by atoms with Gasteiger partial charge in [-0.05, 0) is 25.0 Å². The number of morpholine rings is 1. The van der Waals surface area contributed by atoms with Crippen molar-refractivity contribution in [2.24, 2.45) is 7.05 Å². The number of anilines is 2. The van der Waals surface area contributed by atoms with Gasteiger partial charge in [0.15, 0.2) is 5.82 Å². The highest BCUT2D eigenvalue weighted by atomic mass is 19.1. The number of benzene rings is 1. The van der Waals surface area contributed by atoms with Crippen molar-refractivity contribution in [2.75, 3.05) is 36.1 Å². The molecule has 0 spiro atoms. The molecule has 3 heterocycles. The first kappa shape index (κ1) is 18.6. The first-order valence-corrected chi connectivity index (χ1v) is 9.45. The number of halogens is 1.